The van der Waals surface area contributed by atoms with E-state index in [-0.39, 0.29) is 11.6 Å². The molecule has 1 saturated carbocycles. The SMILES string of the molecule is O=c1c(=O)n(C2CC2)ccn1CC1CCOC1. The molecule has 1 aliphatic heterocycles. The summed E-state index contributed by atoms with van der Waals surface area (Å²) in [6, 6.07) is 0.264. The number of aromatic nitrogens is 2. The molecular formula is C12H16N2O3. The number of hydrogen-bond acceptors (Lipinski definition) is 3. The van der Waals surface area contributed by atoms with Gasteiger partial charge in [-0.15, -0.1) is 0 Å². The standard InChI is InChI=1S/C12H16N2O3/c15-11-12(16)14(10-1-2-10)5-4-13(11)7-9-3-6-17-8-9/h4-5,9-10H,1-3,6-8H2. The van der Waals surface area contributed by atoms with E-state index in [2.05, 4.69) is 0 Å². The lowest BCUT2D eigenvalue weighted by Gasteiger charge is -2.11. The molecule has 1 aromatic heterocycles. The Kier molecular flexibility index (Phi) is 2.63. The highest BCUT2D eigenvalue weighted by atomic mass is 16.5. The van der Waals surface area contributed by atoms with Crippen LogP contribution in [0.3, 0.4) is 0 Å². The average molecular weight is 236 g/mol. The molecule has 2 fully saturated rings. The predicted octanol–water partition coefficient (Wildman–Crippen LogP) is 0.381. The van der Waals surface area contributed by atoms with E-state index < -0.39 is 5.56 Å². The Morgan fingerprint density at radius 3 is 2.65 bits per heavy atom. The van der Waals surface area contributed by atoms with Crippen LogP contribution in [0.5, 0.6) is 0 Å². The van der Waals surface area contributed by atoms with E-state index in [4.69, 9.17) is 4.74 Å². The van der Waals surface area contributed by atoms with Crippen LogP contribution in [0.4, 0.5) is 0 Å². The number of ether oxygens (including phenoxy) is 1. The highest BCUT2D eigenvalue weighted by Gasteiger charge is 2.25. The molecule has 0 N–H and O–H groups in total. The van der Waals surface area contributed by atoms with Crippen molar-refractivity contribution in [2.45, 2.75) is 31.8 Å². The Morgan fingerprint density at radius 2 is 2.00 bits per heavy atom. The van der Waals surface area contributed by atoms with Crippen LogP contribution in [-0.4, -0.2) is 22.3 Å². The monoisotopic (exact) mass is 236 g/mol. The summed E-state index contributed by atoms with van der Waals surface area (Å²) < 4.78 is 8.37. The fourth-order valence-electron chi connectivity index (χ4n) is 2.31. The molecule has 3 rings (SSSR count). The molecule has 1 saturated heterocycles. The summed E-state index contributed by atoms with van der Waals surface area (Å²) in [6.07, 6.45) is 6.48. The Labute approximate surface area is 98.6 Å². The van der Waals surface area contributed by atoms with Gasteiger partial charge >= 0.3 is 11.1 Å². The normalized spacial score (nSPS) is 24.1. The quantitative estimate of drug-likeness (QED) is 0.713. The Bertz CT molecular complexity index is 521. The topological polar surface area (TPSA) is 53.2 Å². The summed E-state index contributed by atoms with van der Waals surface area (Å²) in [6.45, 7) is 2.05. The van der Waals surface area contributed by atoms with E-state index in [1.54, 1.807) is 17.0 Å². The van der Waals surface area contributed by atoms with Gasteiger partial charge in [-0.3, -0.25) is 9.59 Å². The van der Waals surface area contributed by atoms with Crippen LogP contribution in [-0.2, 0) is 11.3 Å². The maximum atomic E-state index is 11.9. The first-order chi connectivity index (χ1) is 8.25. The molecule has 2 heterocycles. The maximum Gasteiger partial charge on any atom is 0.316 e. The summed E-state index contributed by atoms with van der Waals surface area (Å²) in [5, 5.41) is 0. The molecular weight excluding hydrogens is 220 g/mol. The summed E-state index contributed by atoms with van der Waals surface area (Å²) in [5.41, 5.74) is -0.778. The first-order valence-electron chi connectivity index (χ1n) is 6.15. The van der Waals surface area contributed by atoms with E-state index in [0.717, 1.165) is 25.9 Å². The molecule has 92 valence electrons. The molecule has 0 aromatic carbocycles. The van der Waals surface area contributed by atoms with Crippen molar-refractivity contribution in [3.05, 3.63) is 33.1 Å². The predicted molar refractivity (Wildman–Crippen MR) is 62.2 cm³/mol. The van der Waals surface area contributed by atoms with Crippen molar-refractivity contribution in [2.24, 2.45) is 5.92 Å². The molecule has 1 aromatic rings. The van der Waals surface area contributed by atoms with Crippen LogP contribution in [0.1, 0.15) is 25.3 Å². The molecule has 1 aliphatic carbocycles. The summed E-state index contributed by atoms with van der Waals surface area (Å²) in [7, 11) is 0. The molecule has 5 heteroatoms. The van der Waals surface area contributed by atoms with Gasteiger partial charge in [0.25, 0.3) is 0 Å². The number of nitrogens with zero attached hydrogens (tertiary/aromatic N) is 2. The minimum absolute atomic E-state index is 0.264. The highest BCUT2D eigenvalue weighted by molar-refractivity contribution is 4.93. The Balaban J connectivity index is 1.87. The fourth-order valence-corrected chi connectivity index (χ4v) is 2.31. The van der Waals surface area contributed by atoms with Crippen LogP contribution in [0.15, 0.2) is 22.0 Å². The molecule has 0 bridgehead atoms. The van der Waals surface area contributed by atoms with Crippen LogP contribution in [0, 0.1) is 5.92 Å². The molecule has 0 radical (unpaired) electrons. The second kappa shape index (κ2) is 4.14. The smallest absolute Gasteiger partial charge is 0.316 e. The third-order valence-corrected chi connectivity index (χ3v) is 3.50. The minimum Gasteiger partial charge on any atom is -0.381 e. The van der Waals surface area contributed by atoms with E-state index in [1.807, 2.05) is 0 Å². The molecule has 1 unspecified atom stereocenters. The molecule has 0 amide bonds. The second-order valence-electron chi connectivity index (χ2n) is 4.93. The summed E-state index contributed by atoms with van der Waals surface area (Å²) in [4.78, 5) is 23.7. The van der Waals surface area contributed by atoms with E-state index >= 15 is 0 Å². The van der Waals surface area contributed by atoms with Gasteiger partial charge < -0.3 is 13.9 Å². The molecule has 17 heavy (non-hydrogen) atoms. The third-order valence-electron chi connectivity index (χ3n) is 3.50. The lowest BCUT2D eigenvalue weighted by molar-refractivity contribution is 0.182. The fraction of sp³-hybridized carbons (Fsp3) is 0.667. The zero-order valence-electron chi connectivity index (χ0n) is 9.67. The van der Waals surface area contributed by atoms with Crippen LogP contribution < -0.4 is 11.1 Å². The van der Waals surface area contributed by atoms with Crippen LogP contribution in [0.2, 0.25) is 0 Å². The number of hydrogen-bond donors (Lipinski definition) is 0. The zero-order valence-corrected chi connectivity index (χ0v) is 9.67. The van der Waals surface area contributed by atoms with Gasteiger partial charge in [-0.25, -0.2) is 0 Å². The van der Waals surface area contributed by atoms with Crippen LogP contribution >= 0.6 is 0 Å². The van der Waals surface area contributed by atoms with Crippen LogP contribution in [0.25, 0.3) is 0 Å². The van der Waals surface area contributed by atoms with Gasteiger partial charge in [-0.05, 0) is 19.3 Å². The van der Waals surface area contributed by atoms with E-state index in [9.17, 15) is 9.59 Å². The van der Waals surface area contributed by atoms with Crippen molar-refractivity contribution in [3.63, 3.8) is 0 Å². The largest absolute Gasteiger partial charge is 0.381 e. The van der Waals surface area contributed by atoms with Gasteiger partial charge in [0.1, 0.15) is 0 Å². The van der Waals surface area contributed by atoms with Gasteiger partial charge in [0.2, 0.25) is 0 Å². The van der Waals surface area contributed by atoms with Crippen molar-refractivity contribution < 1.29 is 4.74 Å². The lowest BCUT2D eigenvalue weighted by Crippen LogP contribution is -2.41. The van der Waals surface area contributed by atoms with Crippen molar-refractivity contribution in [3.8, 4) is 0 Å². The lowest BCUT2D eigenvalue weighted by atomic mass is 10.1. The van der Waals surface area contributed by atoms with Crippen molar-refractivity contribution >= 4 is 0 Å². The first kappa shape index (κ1) is 10.8. The third kappa shape index (κ3) is 2.07. The molecule has 5 nitrogen and oxygen atoms in total. The van der Waals surface area contributed by atoms with Gasteiger partial charge in [-0.1, -0.05) is 0 Å². The molecule has 0 spiro atoms. The zero-order chi connectivity index (χ0) is 11.8. The van der Waals surface area contributed by atoms with Gasteiger partial charge in [0.15, 0.2) is 0 Å². The average Bonchev–Trinajstić information content (AvgIpc) is 3.03. The van der Waals surface area contributed by atoms with E-state index in [0.29, 0.717) is 19.1 Å². The van der Waals surface area contributed by atoms with Gasteiger partial charge in [-0.2, -0.15) is 0 Å². The second-order valence-corrected chi connectivity index (χ2v) is 4.93. The molecule has 2 aliphatic rings. The highest BCUT2D eigenvalue weighted by Crippen LogP contribution is 2.32. The van der Waals surface area contributed by atoms with Gasteiger partial charge in [0.05, 0.1) is 6.61 Å². The molecule has 1 atom stereocenters. The van der Waals surface area contributed by atoms with Crippen molar-refractivity contribution in [1.82, 2.24) is 9.13 Å². The Morgan fingerprint density at radius 1 is 1.18 bits per heavy atom. The van der Waals surface area contributed by atoms with Crippen molar-refractivity contribution in [2.75, 3.05) is 13.2 Å². The minimum atomic E-state index is -0.397. The summed E-state index contributed by atoms with van der Waals surface area (Å²) in [5.74, 6) is 0.365. The summed E-state index contributed by atoms with van der Waals surface area (Å²) >= 11 is 0. The first-order valence-corrected chi connectivity index (χ1v) is 6.15. The van der Waals surface area contributed by atoms with Crippen molar-refractivity contribution in [1.29, 1.82) is 0 Å². The van der Waals surface area contributed by atoms with Gasteiger partial charge in [0, 0.05) is 37.5 Å². The number of rotatable bonds is 3. The maximum absolute atomic E-state index is 11.9. The van der Waals surface area contributed by atoms with E-state index in [1.165, 1.54) is 4.57 Å². The Hall–Kier alpha value is -1.36.